The second-order valence-corrected chi connectivity index (χ2v) is 33.8. The molecule has 0 unspecified atom stereocenters. The lowest BCUT2D eigenvalue weighted by atomic mass is 9.75. The zero-order valence-corrected chi connectivity index (χ0v) is 74.1. The number of benzene rings is 14. The number of nitrogens with zero attached hydrogens (tertiary/aromatic N) is 7. The van der Waals surface area contributed by atoms with Crippen molar-refractivity contribution < 1.29 is 14.6 Å². The molecule has 616 valence electrons. The molecule has 0 spiro atoms. The summed E-state index contributed by atoms with van der Waals surface area (Å²) >= 11 is 3.80. The Morgan fingerprint density at radius 3 is 1.54 bits per heavy atom. The van der Waals surface area contributed by atoms with Gasteiger partial charge < -0.3 is 13.7 Å². The van der Waals surface area contributed by atoms with Crippen molar-refractivity contribution >= 4 is 97.9 Å². The molecule has 7 aromatic heterocycles. The lowest BCUT2D eigenvalue weighted by molar-refractivity contribution is 0.415. The first-order valence-electron chi connectivity index (χ1n) is 44.0. The van der Waals surface area contributed by atoms with Gasteiger partial charge in [0.15, 0.2) is 11.6 Å². The molecule has 0 N–H and O–H groups in total. The van der Waals surface area contributed by atoms with Gasteiger partial charge in [-0.2, -0.15) is 0 Å². The Hall–Kier alpha value is -14.2. The van der Waals surface area contributed by atoms with E-state index in [1.807, 2.05) is 158 Å². The number of aryl methyl sites for hydroxylation is 8. The van der Waals surface area contributed by atoms with Gasteiger partial charge >= 0.3 is 0 Å². The van der Waals surface area contributed by atoms with E-state index in [9.17, 15) is 0 Å². The van der Waals surface area contributed by atoms with Crippen molar-refractivity contribution in [2.45, 2.75) is 104 Å². The maximum atomic E-state index is 7.23. The zero-order valence-electron chi connectivity index (χ0n) is 76.5. The van der Waals surface area contributed by atoms with Crippen LogP contribution in [0.25, 0.3) is 103 Å². The van der Waals surface area contributed by atoms with Crippen molar-refractivity contribution in [1.29, 1.82) is 0 Å². The number of thiophene rings is 1. The van der Waals surface area contributed by atoms with E-state index < -0.39 is 0 Å². The molecule has 21 aromatic rings. The highest BCUT2D eigenvalue weighted by molar-refractivity contribution is 7.99. The lowest BCUT2D eigenvalue weighted by Crippen LogP contribution is -2.24. The van der Waals surface area contributed by atoms with E-state index in [-0.39, 0.29) is 35.1 Å². The minimum absolute atomic E-state index is 0.0101. The Bertz CT molecular complexity index is 7130. The molecule has 125 heavy (non-hydrogen) atoms. The van der Waals surface area contributed by atoms with Crippen LogP contribution in [0.2, 0.25) is 0 Å². The van der Waals surface area contributed by atoms with Crippen molar-refractivity contribution in [2.24, 2.45) is 0 Å². The third kappa shape index (κ3) is 20.0. The Balaban J connectivity index is 0.000000113. The SMILES string of the molecule is Cc1cccc2c1Oc1ccccc1C2(C)C.Cc1cccc2c1Sc1ccccc1C2(C)C.Cc1cccc2c1oc1ccccc12.Cc1cccc2c1sc1ccccc12.Cc1cccc2cccnc12.Cc1ccccn1.Cc1nc(-c2ccccc2)nc(-c2ccccc2)n1.[2H]c1nc(C)c([2H])c([2H])c1[2H].c1ccc(-n2c3ccccc3c3ccccc32)cc1. The van der Waals surface area contributed by atoms with Gasteiger partial charge in [0.2, 0.25) is 0 Å². The number of hydrogen-bond donors (Lipinski definition) is 0. The van der Waals surface area contributed by atoms with E-state index in [0.29, 0.717) is 17.3 Å². The fraction of sp³-hybridized carbons (Fsp3) is 0.123. The van der Waals surface area contributed by atoms with Crippen LogP contribution < -0.4 is 4.74 Å². The summed E-state index contributed by atoms with van der Waals surface area (Å²) < 4.78 is 45.6. The van der Waals surface area contributed by atoms with Crippen molar-refractivity contribution in [2.75, 3.05) is 0 Å². The zero-order chi connectivity index (χ0) is 90.3. The molecule has 2 aliphatic heterocycles. The van der Waals surface area contributed by atoms with Crippen LogP contribution in [0.4, 0.5) is 0 Å². The minimum atomic E-state index is -0.277. The summed E-state index contributed by atoms with van der Waals surface area (Å²) in [5.74, 6) is 4.17. The van der Waals surface area contributed by atoms with Crippen molar-refractivity contribution in [3.63, 3.8) is 0 Å². The molecule has 0 bridgehead atoms. The van der Waals surface area contributed by atoms with Gasteiger partial charge in [0.1, 0.15) is 28.5 Å². The standard InChI is InChI=1S/C18H13N.C16H13N3.C16H16O.C16H16S.C13H10O.C13H10S.C10H9N.2C6H7N/c1-2-8-14(9-3-1)19-17-12-6-4-10-15(17)16-11-5-7-13-18(16)19;1-12-17-15(13-8-4-2-5-9-13)19-16(18-12)14-10-6-3-7-11-14;2*1-11-7-6-9-13-15(11)17-14-10-5-4-8-12(14)16(13,2)3;2*1-9-5-4-7-11-10-6-2-3-8-12(10)14-13(9)11;1-8-4-2-5-9-6-3-7-11-10(8)9;2*1-6-4-2-3-5-7-6/h1-13H;2-11H,1H3;2*4-10H,1-3H3;2*2-8H,1H3;2-7H,1H3;2*2-5H,1H3/i;;;;;;;2D,3D,4D,5D;. The van der Waals surface area contributed by atoms with Crippen LogP contribution in [0.1, 0.15) is 100 Å². The molecule has 11 heteroatoms. The van der Waals surface area contributed by atoms with Crippen LogP contribution >= 0.6 is 23.1 Å². The van der Waals surface area contributed by atoms with E-state index in [2.05, 4.69) is 339 Å². The van der Waals surface area contributed by atoms with E-state index in [1.165, 1.54) is 124 Å². The normalized spacial score (nSPS) is 12.4. The molecule has 0 aliphatic carbocycles. The van der Waals surface area contributed by atoms with Crippen molar-refractivity contribution in [3.8, 4) is 40.0 Å². The first-order chi connectivity index (χ1) is 62.5. The average molecular weight is 1670 g/mol. The summed E-state index contributed by atoms with van der Waals surface area (Å²) in [6.07, 6.45) is 3.38. The number of fused-ring (bicyclic) bond motifs is 14. The third-order valence-corrected chi connectivity index (χ3v) is 24.8. The van der Waals surface area contributed by atoms with Crippen molar-refractivity contribution in [3.05, 3.63) is 462 Å². The summed E-state index contributed by atoms with van der Waals surface area (Å²) in [4.78, 5) is 28.1. The first kappa shape index (κ1) is 80.5. The molecule has 23 rings (SSSR count). The minimum Gasteiger partial charge on any atom is -0.456 e. The van der Waals surface area contributed by atoms with E-state index in [4.69, 9.17) is 14.6 Å². The highest BCUT2D eigenvalue weighted by Gasteiger charge is 2.35. The molecule has 2 aliphatic rings. The lowest BCUT2D eigenvalue weighted by Gasteiger charge is -2.35. The number of ether oxygens (including phenoxy) is 1. The second-order valence-electron chi connectivity index (χ2n) is 31.7. The first-order valence-corrected chi connectivity index (χ1v) is 43.6. The van der Waals surface area contributed by atoms with E-state index in [1.54, 1.807) is 13.1 Å². The molecule has 0 saturated carbocycles. The fourth-order valence-electron chi connectivity index (χ4n) is 15.7. The molecule has 0 amide bonds. The predicted octanol–water partition coefficient (Wildman–Crippen LogP) is 31.1. The summed E-state index contributed by atoms with van der Waals surface area (Å²) in [5, 5.41) is 9.02. The van der Waals surface area contributed by atoms with Crippen molar-refractivity contribution in [1.82, 2.24) is 34.5 Å². The molecule has 0 radical (unpaired) electrons. The largest absolute Gasteiger partial charge is 0.456 e. The monoisotopic (exact) mass is 1670 g/mol. The maximum Gasteiger partial charge on any atom is 0.163 e. The second kappa shape index (κ2) is 39.7. The van der Waals surface area contributed by atoms with Crippen LogP contribution in [0.5, 0.6) is 11.5 Å². The maximum absolute atomic E-state index is 7.23. The number of pyridine rings is 3. The van der Waals surface area contributed by atoms with E-state index in [0.717, 1.165) is 50.8 Å². The summed E-state index contributed by atoms with van der Waals surface area (Å²) in [7, 11) is 0. The van der Waals surface area contributed by atoms with Gasteiger partial charge in [-0.15, -0.1) is 11.3 Å². The van der Waals surface area contributed by atoms with Gasteiger partial charge in [-0.1, -0.05) is 337 Å². The number of para-hydroxylation sites is 8. The average Bonchev–Trinajstić information content (AvgIpc) is 1.74. The Labute approximate surface area is 747 Å². The summed E-state index contributed by atoms with van der Waals surface area (Å²) in [6.45, 7) is 25.2. The van der Waals surface area contributed by atoms with Crippen LogP contribution in [-0.2, 0) is 10.8 Å². The third-order valence-electron chi connectivity index (χ3n) is 22.2. The van der Waals surface area contributed by atoms with Crippen LogP contribution in [-0.4, -0.2) is 34.5 Å². The molecular formula is C114H101N7O2S2. The van der Waals surface area contributed by atoms with Gasteiger partial charge in [-0.25, -0.2) is 15.0 Å². The molecule has 9 heterocycles. The quantitative estimate of drug-likeness (QED) is 0.171. The van der Waals surface area contributed by atoms with Gasteiger partial charge in [0, 0.05) is 126 Å². The predicted molar refractivity (Wildman–Crippen MR) is 527 cm³/mol. The van der Waals surface area contributed by atoms with Crippen LogP contribution in [0.3, 0.4) is 0 Å². The van der Waals surface area contributed by atoms with Crippen LogP contribution in [0, 0.1) is 55.4 Å². The molecule has 0 saturated heterocycles. The Kier molecular flexibility index (Phi) is 25.6. The molecule has 9 nitrogen and oxygen atoms in total. The number of aromatic nitrogens is 7. The molecule has 14 aromatic carbocycles. The van der Waals surface area contributed by atoms with Crippen LogP contribution in [0.15, 0.2) is 409 Å². The molecular weight excluding hydrogens is 1560 g/mol. The van der Waals surface area contributed by atoms with Gasteiger partial charge in [0.05, 0.1) is 22.0 Å². The topological polar surface area (TPSA) is 105 Å². The Morgan fingerprint density at radius 2 is 0.872 bits per heavy atom. The summed E-state index contributed by atoms with van der Waals surface area (Å²) in [6, 6.07) is 123. The highest BCUT2D eigenvalue weighted by Crippen LogP contribution is 2.51. The number of hydrogen-bond acceptors (Lipinski definition) is 10. The van der Waals surface area contributed by atoms with E-state index >= 15 is 0 Å². The Morgan fingerprint density at radius 1 is 0.360 bits per heavy atom. The highest BCUT2D eigenvalue weighted by atomic mass is 32.2. The fourth-order valence-corrected chi connectivity index (χ4v) is 18.3. The number of furan rings is 1. The van der Waals surface area contributed by atoms with Gasteiger partial charge in [-0.05, 0) is 173 Å². The van der Waals surface area contributed by atoms with Gasteiger partial charge in [0.25, 0.3) is 0 Å². The summed E-state index contributed by atoms with van der Waals surface area (Å²) in [5.41, 5.74) is 22.2. The van der Waals surface area contributed by atoms with Gasteiger partial charge in [-0.3, -0.25) is 15.0 Å². The molecule has 0 fully saturated rings. The number of rotatable bonds is 3. The molecule has 0 atom stereocenters. The smallest absolute Gasteiger partial charge is 0.163 e.